The Bertz CT molecular complexity index is 234. The molecule has 0 bridgehead atoms. The maximum Gasteiger partial charge on any atom is 0.00185 e. The van der Waals surface area contributed by atoms with Gasteiger partial charge in [0.2, 0.25) is 0 Å². The molecule has 2 aliphatic heterocycles. The van der Waals surface area contributed by atoms with Crippen LogP contribution in [0.25, 0.3) is 0 Å². The van der Waals surface area contributed by atoms with Crippen molar-refractivity contribution in [1.29, 1.82) is 0 Å². The lowest BCUT2D eigenvalue weighted by Crippen LogP contribution is -2.36. The van der Waals surface area contributed by atoms with Gasteiger partial charge >= 0.3 is 0 Å². The van der Waals surface area contributed by atoms with Crippen LogP contribution in [0.3, 0.4) is 0 Å². The van der Waals surface area contributed by atoms with Crippen LogP contribution in [0.5, 0.6) is 0 Å². The van der Waals surface area contributed by atoms with Crippen molar-refractivity contribution < 1.29 is 0 Å². The van der Waals surface area contributed by atoms with E-state index in [9.17, 15) is 0 Å². The van der Waals surface area contributed by atoms with Gasteiger partial charge in [0.1, 0.15) is 0 Å². The van der Waals surface area contributed by atoms with E-state index < -0.39 is 0 Å². The number of hydrogen-bond acceptors (Lipinski definition) is 2. The molecular weight excluding hydrogens is 220 g/mol. The van der Waals surface area contributed by atoms with Gasteiger partial charge in [0.05, 0.1) is 0 Å². The lowest BCUT2D eigenvalue weighted by molar-refractivity contribution is 0.201. The zero-order valence-corrected chi connectivity index (χ0v) is 11.4. The molecule has 3 aliphatic rings. The highest BCUT2D eigenvalue weighted by Crippen LogP contribution is 2.61. The first-order valence-electron chi connectivity index (χ1n) is 6.61. The molecule has 0 spiro atoms. The molecule has 0 amide bonds. The summed E-state index contributed by atoms with van der Waals surface area (Å²) in [5.41, 5.74) is 0.685. The summed E-state index contributed by atoms with van der Waals surface area (Å²) in [5.74, 6) is 3.03. The number of hydrogen-bond donors (Lipinski definition) is 1. The first kappa shape index (κ1) is 12.7. The fourth-order valence-electron chi connectivity index (χ4n) is 3.79. The summed E-state index contributed by atoms with van der Waals surface area (Å²) in [5, 5.41) is 3.45. The molecule has 2 atom stereocenters. The van der Waals surface area contributed by atoms with Gasteiger partial charge in [0.25, 0.3) is 0 Å². The lowest BCUT2D eigenvalue weighted by Gasteiger charge is -2.29. The SMILES string of the molecule is CC1(C)C2CN(CC3CCNCC3)CC21.Cl. The molecule has 1 saturated carbocycles. The second-order valence-corrected chi connectivity index (χ2v) is 6.45. The zero-order valence-electron chi connectivity index (χ0n) is 10.5. The van der Waals surface area contributed by atoms with Crippen LogP contribution < -0.4 is 5.32 Å². The lowest BCUT2D eigenvalue weighted by atomic mass is 9.97. The second kappa shape index (κ2) is 4.47. The van der Waals surface area contributed by atoms with E-state index in [1.807, 2.05) is 0 Å². The summed E-state index contributed by atoms with van der Waals surface area (Å²) >= 11 is 0. The molecule has 2 unspecified atom stereocenters. The molecular formula is C13H25ClN2. The van der Waals surface area contributed by atoms with E-state index in [1.165, 1.54) is 45.6 Å². The van der Waals surface area contributed by atoms with Crippen molar-refractivity contribution in [3.63, 3.8) is 0 Å². The van der Waals surface area contributed by atoms with Crippen molar-refractivity contribution in [2.75, 3.05) is 32.7 Å². The van der Waals surface area contributed by atoms with Crippen molar-refractivity contribution in [3.8, 4) is 0 Å². The molecule has 0 radical (unpaired) electrons. The van der Waals surface area contributed by atoms with Gasteiger partial charge in [-0.2, -0.15) is 0 Å². The van der Waals surface area contributed by atoms with E-state index >= 15 is 0 Å². The second-order valence-electron chi connectivity index (χ2n) is 6.45. The molecule has 1 N–H and O–H groups in total. The normalized spacial score (nSPS) is 37.9. The number of likely N-dealkylation sites (tertiary alicyclic amines) is 1. The van der Waals surface area contributed by atoms with Crippen molar-refractivity contribution in [2.24, 2.45) is 23.2 Å². The molecule has 0 aromatic rings. The average molecular weight is 245 g/mol. The molecule has 3 fully saturated rings. The maximum atomic E-state index is 3.45. The fraction of sp³-hybridized carbons (Fsp3) is 1.00. The van der Waals surface area contributed by atoms with Crippen LogP contribution in [-0.2, 0) is 0 Å². The highest BCUT2D eigenvalue weighted by molar-refractivity contribution is 5.85. The molecule has 16 heavy (non-hydrogen) atoms. The summed E-state index contributed by atoms with van der Waals surface area (Å²) in [4.78, 5) is 2.73. The van der Waals surface area contributed by atoms with Crippen LogP contribution in [0.2, 0.25) is 0 Å². The summed E-state index contributed by atoms with van der Waals surface area (Å²) in [7, 11) is 0. The molecule has 94 valence electrons. The molecule has 1 aliphatic carbocycles. The van der Waals surface area contributed by atoms with Crippen LogP contribution >= 0.6 is 12.4 Å². The van der Waals surface area contributed by atoms with Crippen LogP contribution in [0.1, 0.15) is 26.7 Å². The van der Waals surface area contributed by atoms with Crippen LogP contribution in [0.4, 0.5) is 0 Å². The minimum atomic E-state index is 0. The molecule has 2 heterocycles. The van der Waals surface area contributed by atoms with Gasteiger partial charge in [-0.05, 0) is 49.1 Å². The van der Waals surface area contributed by atoms with Crippen LogP contribution in [0, 0.1) is 23.2 Å². The number of nitrogens with one attached hydrogen (secondary N) is 1. The van der Waals surface area contributed by atoms with Gasteiger partial charge in [0, 0.05) is 19.6 Å². The fourth-order valence-corrected chi connectivity index (χ4v) is 3.79. The Balaban J connectivity index is 0.000000963. The third-order valence-electron chi connectivity index (χ3n) is 5.17. The first-order chi connectivity index (χ1) is 7.18. The molecule has 0 aromatic heterocycles. The van der Waals surface area contributed by atoms with E-state index in [-0.39, 0.29) is 12.4 Å². The van der Waals surface area contributed by atoms with Crippen LogP contribution in [0.15, 0.2) is 0 Å². The van der Waals surface area contributed by atoms with Gasteiger partial charge in [-0.3, -0.25) is 0 Å². The highest BCUT2D eigenvalue weighted by atomic mass is 35.5. The van der Waals surface area contributed by atoms with Crippen molar-refractivity contribution >= 4 is 12.4 Å². The molecule has 3 heteroatoms. The van der Waals surface area contributed by atoms with Gasteiger partial charge in [-0.15, -0.1) is 12.4 Å². The standard InChI is InChI=1S/C13H24N2.ClH/c1-13(2)11-8-15(9-12(11)13)7-10-3-5-14-6-4-10;/h10-12,14H,3-9H2,1-2H3;1H. The minimum Gasteiger partial charge on any atom is -0.317 e. The third kappa shape index (κ3) is 2.12. The van der Waals surface area contributed by atoms with Gasteiger partial charge < -0.3 is 10.2 Å². The average Bonchev–Trinajstić information content (AvgIpc) is 2.64. The smallest absolute Gasteiger partial charge is 0.00185 e. The van der Waals surface area contributed by atoms with Crippen molar-refractivity contribution in [1.82, 2.24) is 10.2 Å². The van der Waals surface area contributed by atoms with E-state index in [0.717, 1.165) is 17.8 Å². The first-order valence-corrected chi connectivity index (χ1v) is 6.61. The minimum absolute atomic E-state index is 0. The van der Waals surface area contributed by atoms with Crippen molar-refractivity contribution in [2.45, 2.75) is 26.7 Å². The quantitative estimate of drug-likeness (QED) is 0.800. The zero-order chi connectivity index (χ0) is 10.5. The summed E-state index contributed by atoms with van der Waals surface area (Å²) in [6.07, 6.45) is 2.80. The van der Waals surface area contributed by atoms with Gasteiger partial charge in [-0.1, -0.05) is 13.8 Å². The van der Waals surface area contributed by atoms with E-state index in [0.29, 0.717) is 5.41 Å². The topological polar surface area (TPSA) is 15.3 Å². The largest absolute Gasteiger partial charge is 0.317 e. The number of rotatable bonds is 2. The molecule has 2 saturated heterocycles. The van der Waals surface area contributed by atoms with Crippen molar-refractivity contribution in [3.05, 3.63) is 0 Å². The van der Waals surface area contributed by atoms with E-state index in [4.69, 9.17) is 0 Å². The summed E-state index contributed by atoms with van der Waals surface area (Å²) in [6, 6.07) is 0. The predicted octanol–water partition coefficient (Wildman–Crippen LogP) is 2.00. The number of piperidine rings is 2. The number of nitrogens with zero attached hydrogens (tertiary/aromatic N) is 1. The van der Waals surface area contributed by atoms with Gasteiger partial charge in [0.15, 0.2) is 0 Å². The monoisotopic (exact) mass is 244 g/mol. The number of fused-ring (bicyclic) bond motifs is 1. The van der Waals surface area contributed by atoms with E-state index in [2.05, 4.69) is 24.1 Å². The highest BCUT2D eigenvalue weighted by Gasteiger charge is 2.61. The Morgan fingerprint density at radius 3 is 2.25 bits per heavy atom. The number of halogens is 1. The summed E-state index contributed by atoms with van der Waals surface area (Å²) in [6.45, 7) is 11.6. The Morgan fingerprint density at radius 2 is 1.69 bits per heavy atom. The Hall–Kier alpha value is 0.210. The molecule has 3 rings (SSSR count). The predicted molar refractivity (Wildman–Crippen MR) is 70.0 cm³/mol. The van der Waals surface area contributed by atoms with Crippen LogP contribution in [-0.4, -0.2) is 37.6 Å². The molecule has 0 aromatic carbocycles. The third-order valence-corrected chi connectivity index (χ3v) is 5.17. The Morgan fingerprint density at radius 1 is 1.12 bits per heavy atom. The Labute approximate surface area is 106 Å². The maximum absolute atomic E-state index is 3.45. The summed E-state index contributed by atoms with van der Waals surface area (Å²) < 4.78 is 0. The van der Waals surface area contributed by atoms with E-state index in [1.54, 1.807) is 0 Å². The molecule has 2 nitrogen and oxygen atoms in total. The van der Waals surface area contributed by atoms with Gasteiger partial charge in [-0.25, -0.2) is 0 Å². The Kier molecular flexibility index (Phi) is 3.54.